The second-order valence-corrected chi connectivity index (χ2v) is 5.66. The lowest BCUT2D eigenvalue weighted by Crippen LogP contribution is -2.42. The van der Waals surface area contributed by atoms with E-state index in [1.165, 1.54) is 24.9 Å². The van der Waals surface area contributed by atoms with Crippen LogP contribution in [0.4, 0.5) is 0 Å². The van der Waals surface area contributed by atoms with Crippen LogP contribution in [0.3, 0.4) is 0 Å². The van der Waals surface area contributed by atoms with E-state index >= 15 is 0 Å². The van der Waals surface area contributed by atoms with Crippen LogP contribution in [-0.4, -0.2) is 47.9 Å². The summed E-state index contributed by atoms with van der Waals surface area (Å²) in [5, 5.41) is 3.34. The van der Waals surface area contributed by atoms with Crippen molar-refractivity contribution in [3.8, 4) is 0 Å². The van der Waals surface area contributed by atoms with Crippen LogP contribution >= 0.6 is 0 Å². The number of nitrogens with one attached hydrogen (secondary N) is 1. The summed E-state index contributed by atoms with van der Waals surface area (Å²) in [5.74, 6) is 0.224. The van der Waals surface area contributed by atoms with E-state index < -0.39 is 0 Å². The van der Waals surface area contributed by atoms with Gasteiger partial charge in [0.25, 0.3) is 0 Å². The Labute approximate surface area is 120 Å². The highest BCUT2D eigenvalue weighted by Gasteiger charge is 2.35. The van der Waals surface area contributed by atoms with Crippen molar-refractivity contribution < 1.29 is 4.79 Å². The summed E-state index contributed by atoms with van der Waals surface area (Å²) in [6, 6.07) is 10.8. The molecule has 2 fully saturated rings. The van der Waals surface area contributed by atoms with Crippen molar-refractivity contribution >= 4 is 5.91 Å². The Hall–Kier alpha value is -1.39. The predicted molar refractivity (Wildman–Crippen MR) is 79.2 cm³/mol. The molecule has 2 saturated heterocycles. The standard InChI is InChI=1S/C16H23N3O/c1-2-18-10-6-9-14(18)12-19-15(20)11-17-16(19)13-7-4-3-5-8-13/h3-5,7-8,14,16-17H,2,6,9-12H2,1H3. The Balaban J connectivity index is 1.74. The summed E-state index contributed by atoms with van der Waals surface area (Å²) in [5.41, 5.74) is 1.18. The van der Waals surface area contributed by atoms with E-state index in [0.717, 1.165) is 13.1 Å². The van der Waals surface area contributed by atoms with E-state index in [0.29, 0.717) is 12.6 Å². The number of likely N-dealkylation sites (N-methyl/N-ethyl adjacent to an activating group) is 1. The molecule has 108 valence electrons. The minimum absolute atomic E-state index is 0.0445. The molecule has 0 bridgehead atoms. The van der Waals surface area contributed by atoms with E-state index in [2.05, 4.69) is 29.3 Å². The molecule has 0 saturated carbocycles. The van der Waals surface area contributed by atoms with Crippen molar-refractivity contribution in [2.45, 2.75) is 32.0 Å². The van der Waals surface area contributed by atoms with Gasteiger partial charge in [-0.3, -0.25) is 15.0 Å². The third kappa shape index (κ3) is 2.58. The van der Waals surface area contributed by atoms with Gasteiger partial charge in [0, 0.05) is 12.6 Å². The molecule has 0 radical (unpaired) electrons. The third-order valence-electron chi connectivity index (χ3n) is 4.51. The Kier molecular flexibility index (Phi) is 4.03. The number of likely N-dealkylation sites (tertiary alicyclic amines) is 1. The summed E-state index contributed by atoms with van der Waals surface area (Å²) in [7, 11) is 0. The van der Waals surface area contributed by atoms with Gasteiger partial charge in [-0.1, -0.05) is 37.3 Å². The molecular formula is C16H23N3O. The molecule has 1 aromatic rings. The van der Waals surface area contributed by atoms with Gasteiger partial charge in [-0.2, -0.15) is 0 Å². The predicted octanol–water partition coefficient (Wildman–Crippen LogP) is 1.60. The summed E-state index contributed by atoms with van der Waals surface area (Å²) >= 11 is 0. The lowest BCUT2D eigenvalue weighted by molar-refractivity contribution is -0.128. The Morgan fingerprint density at radius 2 is 2.10 bits per heavy atom. The molecule has 20 heavy (non-hydrogen) atoms. The molecule has 2 heterocycles. The van der Waals surface area contributed by atoms with Gasteiger partial charge in [0.1, 0.15) is 6.17 Å². The van der Waals surface area contributed by atoms with E-state index in [4.69, 9.17) is 0 Å². The van der Waals surface area contributed by atoms with Crippen LogP contribution < -0.4 is 5.32 Å². The molecule has 2 aliphatic heterocycles. The molecule has 2 aliphatic rings. The molecule has 2 unspecified atom stereocenters. The second kappa shape index (κ2) is 5.94. The van der Waals surface area contributed by atoms with Crippen LogP contribution in [0.2, 0.25) is 0 Å². The first-order valence-corrected chi connectivity index (χ1v) is 7.61. The van der Waals surface area contributed by atoms with Crippen molar-refractivity contribution in [1.29, 1.82) is 0 Å². The van der Waals surface area contributed by atoms with Crippen LogP contribution in [0.25, 0.3) is 0 Å². The highest BCUT2D eigenvalue weighted by Crippen LogP contribution is 2.26. The number of hydrogen-bond acceptors (Lipinski definition) is 3. The molecule has 3 rings (SSSR count). The topological polar surface area (TPSA) is 35.6 Å². The first kappa shape index (κ1) is 13.6. The number of rotatable bonds is 4. The maximum atomic E-state index is 12.2. The average molecular weight is 273 g/mol. The van der Waals surface area contributed by atoms with Crippen LogP contribution in [0.15, 0.2) is 30.3 Å². The summed E-state index contributed by atoms with van der Waals surface area (Å²) < 4.78 is 0. The highest BCUT2D eigenvalue weighted by atomic mass is 16.2. The molecule has 4 heteroatoms. The number of amides is 1. The first-order valence-electron chi connectivity index (χ1n) is 7.61. The van der Waals surface area contributed by atoms with Crippen molar-refractivity contribution in [2.24, 2.45) is 0 Å². The molecule has 2 atom stereocenters. The smallest absolute Gasteiger partial charge is 0.238 e. The number of carbonyl (C=O) groups excluding carboxylic acids is 1. The summed E-state index contributed by atoms with van der Waals surface area (Å²) in [6.07, 6.45) is 2.51. The van der Waals surface area contributed by atoms with Gasteiger partial charge in [0.2, 0.25) is 5.91 Å². The highest BCUT2D eigenvalue weighted by molar-refractivity contribution is 5.81. The third-order valence-corrected chi connectivity index (χ3v) is 4.51. The molecule has 0 spiro atoms. The maximum Gasteiger partial charge on any atom is 0.238 e. The van der Waals surface area contributed by atoms with Crippen LogP contribution in [-0.2, 0) is 4.79 Å². The van der Waals surface area contributed by atoms with Gasteiger partial charge in [0.15, 0.2) is 0 Å². The van der Waals surface area contributed by atoms with Crippen LogP contribution in [0.5, 0.6) is 0 Å². The zero-order valence-corrected chi connectivity index (χ0v) is 12.1. The van der Waals surface area contributed by atoms with Crippen molar-refractivity contribution in [3.63, 3.8) is 0 Å². The van der Waals surface area contributed by atoms with Crippen LogP contribution in [0, 0.1) is 0 Å². The molecule has 1 amide bonds. The van der Waals surface area contributed by atoms with E-state index in [9.17, 15) is 4.79 Å². The summed E-state index contributed by atoms with van der Waals surface area (Å²) in [6.45, 7) is 5.76. The zero-order valence-electron chi connectivity index (χ0n) is 12.1. The number of benzene rings is 1. The van der Waals surface area contributed by atoms with Gasteiger partial charge in [0.05, 0.1) is 6.54 Å². The Morgan fingerprint density at radius 1 is 1.30 bits per heavy atom. The van der Waals surface area contributed by atoms with Crippen molar-refractivity contribution in [3.05, 3.63) is 35.9 Å². The minimum atomic E-state index is 0.0445. The molecule has 1 N–H and O–H groups in total. The molecular weight excluding hydrogens is 250 g/mol. The largest absolute Gasteiger partial charge is 0.320 e. The van der Waals surface area contributed by atoms with Gasteiger partial charge in [-0.15, -0.1) is 0 Å². The zero-order chi connectivity index (χ0) is 13.9. The molecule has 0 aromatic heterocycles. The molecule has 4 nitrogen and oxygen atoms in total. The molecule has 0 aliphatic carbocycles. The van der Waals surface area contributed by atoms with Crippen molar-refractivity contribution in [1.82, 2.24) is 15.1 Å². The monoisotopic (exact) mass is 273 g/mol. The van der Waals surface area contributed by atoms with Gasteiger partial charge in [-0.25, -0.2) is 0 Å². The quantitative estimate of drug-likeness (QED) is 0.905. The van der Waals surface area contributed by atoms with Crippen molar-refractivity contribution in [2.75, 3.05) is 26.2 Å². The lowest BCUT2D eigenvalue weighted by atomic mass is 10.1. The van der Waals surface area contributed by atoms with E-state index in [-0.39, 0.29) is 12.1 Å². The average Bonchev–Trinajstić information content (AvgIpc) is 3.08. The van der Waals surface area contributed by atoms with Crippen LogP contribution in [0.1, 0.15) is 31.5 Å². The second-order valence-electron chi connectivity index (χ2n) is 5.66. The fourth-order valence-corrected chi connectivity index (χ4v) is 3.43. The number of hydrogen-bond donors (Lipinski definition) is 1. The van der Waals surface area contributed by atoms with Gasteiger partial charge < -0.3 is 4.90 Å². The Morgan fingerprint density at radius 3 is 2.85 bits per heavy atom. The Bertz CT molecular complexity index is 462. The van der Waals surface area contributed by atoms with Gasteiger partial charge in [-0.05, 0) is 31.5 Å². The summed E-state index contributed by atoms with van der Waals surface area (Å²) in [4.78, 5) is 16.7. The normalized spacial score (nSPS) is 27.4. The van der Waals surface area contributed by atoms with E-state index in [1.54, 1.807) is 0 Å². The number of carbonyl (C=O) groups is 1. The number of nitrogens with zero attached hydrogens (tertiary/aromatic N) is 2. The maximum absolute atomic E-state index is 12.2. The molecule has 1 aromatic carbocycles. The lowest BCUT2D eigenvalue weighted by Gasteiger charge is -2.31. The van der Waals surface area contributed by atoms with Gasteiger partial charge >= 0.3 is 0 Å². The SMILES string of the molecule is CCN1CCCC1CN1C(=O)CNC1c1ccccc1. The first-order chi connectivity index (χ1) is 9.79. The minimum Gasteiger partial charge on any atom is -0.320 e. The fourth-order valence-electron chi connectivity index (χ4n) is 3.43. The van der Waals surface area contributed by atoms with E-state index in [1.807, 2.05) is 23.1 Å². The fraction of sp³-hybridized carbons (Fsp3) is 0.562.